The van der Waals surface area contributed by atoms with Gasteiger partial charge in [-0.1, -0.05) is 6.92 Å². The van der Waals surface area contributed by atoms with Crippen LogP contribution in [0.5, 0.6) is 0 Å². The Bertz CT molecular complexity index is 220. The van der Waals surface area contributed by atoms with Gasteiger partial charge in [-0.05, 0) is 13.3 Å². The SMILES string of the molecule is CCCN(C)c1csc(C)n1. The third-order valence-electron chi connectivity index (χ3n) is 1.56. The van der Waals surface area contributed by atoms with Gasteiger partial charge >= 0.3 is 0 Å². The van der Waals surface area contributed by atoms with E-state index in [-0.39, 0.29) is 0 Å². The van der Waals surface area contributed by atoms with Crippen LogP contribution in [0.2, 0.25) is 0 Å². The first kappa shape index (κ1) is 8.53. The van der Waals surface area contributed by atoms with Gasteiger partial charge in [-0.15, -0.1) is 11.3 Å². The fraction of sp³-hybridized carbons (Fsp3) is 0.625. The van der Waals surface area contributed by atoms with Gasteiger partial charge in [-0.25, -0.2) is 4.98 Å². The van der Waals surface area contributed by atoms with E-state index in [4.69, 9.17) is 0 Å². The van der Waals surface area contributed by atoms with Crippen molar-refractivity contribution >= 4 is 17.2 Å². The molecule has 0 atom stereocenters. The summed E-state index contributed by atoms with van der Waals surface area (Å²) >= 11 is 1.71. The fourth-order valence-electron chi connectivity index (χ4n) is 0.977. The minimum atomic E-state index is 1.09. The smallest absolute Gasteiger partial charge is 0.139 e. The number of hydrogen-bond acceptors (Lipinski definition) is 3. The molecule has 0 N–H and O–H groups in total. The van der Waals surface area contributed by atoms with E-state index < -0.39 is 0 Å². The van der Waals surface area contributed by atoms with Gasteiger partial charge in [-0.2, -0.15) is 0 Å². The van der Waals surface area contributed by atoms with Gasteiger partial charge in [-0.3, -0.25) is 0 Å². The number of aryl methyl sites for hydroxylation is 1. The van der Waals surface area contributed by atoms with Crippen LogP contribution >= 0.6 is 11.3 Å². The Balaban J connectivity index is 2.60. The molecule has 0 saturated heterocycles. The molecule has 0 aliphatic heterocycles. The van der Waals surface area contributed by atoms with Crippen LogP contribution in [0.15, 0.2) is 5.38 Å². The summed E-state index contributed by atoms with van der Waals surface area (Å²) in [4.78, 5) is 6.56. The van der Waals surface area contributed by atoms with Crippen LogP contribution in [0, 0.1) is 6.92 Å². The minimum absolute atomic E-state index is 1.09. The average molecular weight is 170 g/mol. The number of rotatable bonds is 3. The maximum absolute atomic E-state index is 4.37. The van der Waals surface area contributed by atoms with Crippen molar-refractivity contribution in [3.8, 4) is 0 Å². The van der Waals surface area contributed by atoms with Crippen LogP contribution in [0.1, 0.15) is 18.4 Å². The Kier molecular flexibility index (Phi) is 2.88. The third-order valence-corrected chi connectivity index (χ3v) is 2.32. The van der Waals surface area contributed by atoms with E-state index in [0.717, 1.165) is 17.4 Å². The molecule has 2 nitrogen and oxygen atoms in total. The lowest BCUT2D eigenvalue weighted by Gasteiger charge is -2.13. The number of hydrogen-bond donors (Lipinski definition) is 0. The summed E-state index contributed by atoms with van der Waals surface area (Å²) in [5.74, 6) is 1.11. The number of thiazole rings is 1. The molecule has 0 spiro atoms. The van der Waals surface area contributed by atoms with Crippen LogP contribution in [0.4, 0.5) is 5.82 Å². The van der Waals surface area contributed by atoms with E-state index in [9.17, 15) is 0 Å². The second-order valence-corrected chi connectivity index (χ2v) is 3.71. The van der Waals surface area contributed by atoms with E-state index >= 15 is 0 Å². The lowest BCUT2D eigenvalue weighted by atomic mass is 10.4. The molecule has 0 radical (unpaired) electrons. The van der Waals surface area contributed by atoms with Crippen LogP contribution in [0.25, 0.3) is 0 Å². The number of anilines is 1. The molecule has 3 heteroatoms. The first-order chi connectivity index (χ1) is 5.24. The Morgan fingerprint density at radius 1 is 1.64 bits per heavy atom. The highest BCUT2D eigenvalue weighted by atomic mass is 32.1. The number of nitrogens with zero attached hydrogens (tertiary/aromatic N) is 2. The predicted octanol–water partition coefficient (Wildman–Crippen LogP) is 2.30. The first-order valence-corrected chi connectivity index (χ1v) is 4.75. The van der Waals surface area contributed by atoms with Gasteiger partial charge in [0.15, 0.2) is 0 Å². The first-order valence-electron chi connectivity index (χ1n) is 3.87. The zero-order valence-electron chi connectivity index (χ0n) is 7.29. The monoisotopic (exact) mass is 170 g/mol. The Hall–Kier alpha value is -0.570. The van der Waals surface area contributed by atoms with Crippen LogP contribution < -0.4 is 4.90 Å². The van der Waals surface area contributed by atoms with Gasteiger partial charge in [0.25, 0.3) is 0 Å². The summed E-state index contributed by atoms with van der Waals surface area (Å²) in [6, 6.07) is 0. The quantitative estimate of drug-likeness (QED) is 0.692. The zero-order valence-corrected chi connectivity index (χ0v) is 8.11. The van der Waals surface area contributed by atoms with Crippen LogP contribution in [-0.4, -0.2) is 18.6 Å². The van der Waals surface area contributed by atoms with Crippen molar-refractivity contribution in [1.82, 2.24) is 4.98 Å². The van der Waals surface area contributed by atoms with Gasteiger partial charge < -0.3 is 4.90 Å². The Morgan fingerprint density at radius 2 is 2.36 bits per heavy atom. The molecule has 0 saturated carbocycles. The molecule has 1 rings (SSSR count). The topological polar surface area (TPSA) is 16.1 Å². The van der Waals surface area contributed by atoms with Crippen molar-refractivity contribution < 1.29 is 0 Å². The molecule has 0 aromatic carbocycles. The Labute approximate surface area is 71.9 Å². The maximum Gasteiger partial charge on any atom is 0.139 e. The lowest BCUT2D eigenvalue weighted by molar-refractivity contribution is 0.840. The summed E-state index contributed by atoms with van der Waals surface area (Å²) in [6.45, 7) is 5.30. The molecule has 0 fully saturated rings. The summed E-state index contributed by atoms with van der Waals surface area (Å²) < 4.78 is 0. The van der Waals surface area contributed by atoms with Crippen LogP contribution in [0.3, 0.4) is 0 Å². The molecule has 0 amide bonds. The summed E-state index contributed by atoms with van der Waals surface area (Å²) in [5, 5.41) is 3.24. The van der Waals surface area contributed by atoms with E-state index in [1.807, 2.05) is 6.92 Å². The normalized spacial score (nSPS) is 10.1. The molecule has 0 aliphatic carbocycles. The molecule has 1 aromatic rings. The highest BCUT2D eigenvalue weighted by Crippen LogP contribution is 2.16. The van der Waals surface area contributed by atoms with Crippen molar-refractivity contribution in [2.24, 2.45) is 0 Å². The van der Waals surface area contributed by atoms with Crippen molar-refractivity contribution in [2.45, 2.75) is 20.3 Å². The molecule has 1 heterocycles. The summed E-state index contributed by atoms with van der Waals surface area (Å²) in [6.07, 6.45) is 1.17. The second kappa shape index (κ2) is 3.72. The average Bonchev–Trinajstić information content (AvgIpc) is 2.36. The van der Waals surface area contributed by atoms with E-state index in [0.29, 0.717) is 0 Å². The molecular formula is C8H14N2S. The van der Waals surface area contributed by atoms with E-state index in [1.54, 1.807) is 11.3 Å². The summed E-state index contributed by atoms with van der Waals surface area (Å²) in [7, 11) is 2.08. The fourth-order valence-corrected chi connectivity index (χ4v) is 1.63. The molecule has 0 bridgehead atoms. The highest BCUT2D eigenvalue weighted by molar-refractivity contribution is 7.09. The van der Waals surface area contributed by atoms with Gasteiger partial charge in [0, 0.05) is 19.0 Å². The van der Waals surface area contributed by atoms with Gasteiger partial charge in [0.1, 0.15) is 5.82 Å². The molecule has 62 valence electrons. The predicted molar refractivity (Wildman–Crippen MR) is 50.4 cm³/mol. The lowest BCUT2D eigenvalue weighted by Crippen LogP contribution is -2.17. The minimum Gasteiger partial charge on any atom is -0.359 e. The van der Waals surface area contributed by atoms with Crippen molar-refractivity contribution in [3.05, 3.63) is 10.4 Å². The van der Waals surface area contributed by atoms with E-state index in [2.05, 4.69) is 29.2 Å². The molecule has 11 heavy (non-hydrogen) atoms. The number of aromatic nitrogens is 1. The second-order valence-electron chi connectivity index (χ2n) is 2.65. The summed E-state index contributed by atoms with van der Waals surface area (Å²) in [5.41, 5.74) is 0. The highest BCUT2D eigenvalue weighted by Gasteiger charge is 2.01. The maximum atomic E-state index is 4.37. The van der Waals surface area contributed by atoms with Crippen LogP contribution in [-0.2, 0) is 0 Å². The van der Waals surface area contributed by atoms with Crippen molar-refractivity contribution in [1.29, 1.82) is 0 Å². The largest absolute Gasteiger partial charge is 0.359 e. The third kappa shape index (κ3) is 2.19. The van der Waals surface area contributed by atoms with Gasteiger partial charge in [0.2, 0.25) is 0 Å². The van der Waals surface area contributed by atoms with Crippen molar-refractivity contribution in [2.75, 3.05) is 18.5 Å². The Morgan fingerprint density at radius 3 is 2.82 bits per heavy atom. The molecular weight excluding hydrogens is 156 g/mol. The van der Waals surface area contributed by atoms with E-state index in [1.165, 1.54) is 6.42 Å². The molecule has 0 unspecified atom stereocenters. The molecule has 0 aliphatic rings. The van der Waals surface area contributed by atoms with Crippen molar-refractivity contribution in [3.63, 3.8) is 0 Å². The van der Waals surface area contributed by atoms with Gasteiger partial charge in [0.05, 0.1) is 5.01 Å². The standard InChI is InChI=1S/C8H14N2S/c1-4-5-10(3)8-6-11-7(2)9-8/h6H,4-5H2,1-3H3. The zero-order chi connectivity index (χ0) is 8.27. The molecule has 1 aromatic heterocycles.